The fraction of sp³-hybridized carbons (Fsp3) is 0.300. The molecule has 0 bridgehead atoms. The number of aliphatic hydroxyl groups is 1. The molecule has 0 aromatic heterocycles. The lowest BCUT2D eigenvalue weighted by Crippen LogP contribution is -1.97. The Balaban J connectivity index is 2.03. The van der Waals surface area contributed by atoms with Crippen molar-refractivity contribution in [1.82, 2.24) is 0 Å². The molecule has 1 atom stereocenters. The molecule has 0 radical (unpaired) electrons. The highest BCUT2D eigenvalue weighted by Gasteiger charge is 1.97. The monoisotopic (exact) mass is 280 g/mol. The number of fused-ring (bicyclic) bond motifs is 1. The van der Waals surface area contributed by atoms with E-state index in [1.807, 2.05) is 13.0 Å². The third kappa shape index (κ3) is 4.87. The molecule has 21 heavy (non-hydrogen) atoms. The van der Waals surface area contributed by atoms with Gasteiger partial charge in [-0.25, -0.2) is 0 Å². The minimum Gasteiger partial charge on any atom is -0.393 e. The molecular formula is C20H24O. The van der Waals surface area contributed by atoms with E-state index in [4.69, 9.17) is 0 Å². The summed E-state index contributed by atoms with van der Waals surface area (Å²) in [5.41, 5.74) is 2.54. The van der Waals surface area contributed by atoms with Crippen LogP contribution in [0, 0.1) is 0 Å². The maximum atomic E-state index is 9.22. The molecule has 1 unspecified atom stereocenters. The lowest BCUT2D eigenvalue weighted by Gasteiger charge is -2.03. The molecule has 110 valence electrons. The topological polar surface area (TPSA) is 20.2 Å². The highest BCUT2D eigenvalue weighted by Crippen LogP contribution is 2.19. The van der Waals surface area contributed by atoms with Crippen LogP contribution < -0.4 is 0 Å². The molecule has 0 aliphatic heterocycles. The van der Waals surface area contributed by atoms with E-state index in [0.29, 0.717) is 0 Å². The molecular weight excluding hydrogens is 256 g/mol. The minimum absolute atomic E-state index is 0.191. The molecule has 2 aromatic rings. The predicted octanol–water partition coefficient (Wildman–Crippen LogP) is 5.13. The number of allylic oxidation sites excluding steroid dienone is 2. The fourth-order valence-electron chi connectivity index (χ4n) is 2.46. The van der Waals surface area contributed by atoms with Crippen molar-refractivity contribution in [3.8, 4) is 0 Å². The van der Waals surface area contributed by atoms with Crippen molar-refractivity contribution in [2.45, 2.75) is 38.7 Å². The fourth-order valence-corrected chi connectivity index (χ4v) is 2.46. The lowest BCUT2D eigenvalue weighted by atomic mass is 10.0. The Morgan fingerprint density at radius 3 is 2.67 bits per heavy atom. The van der Waals surface area contributed by atoms with Crippen LogP contribution in [0.1, 0.15) is 37.3 Å². The molecule has 0 spiro atoms. The average molecular weight is 280 g/mol. The van der Waals surface area contributed by atoms with Gasteiger partial charge in [-0.15, -0.1) is 6.58 Å². The van der Waals surface area contributed by atoms with Gasteiger partial charge in [0.15, 0.2) is 0 Å². The summed E-state index contributed by atoms with van der Waals surface area (Å²) in [5, 5.41) is 11.8. The van der Waals surface area contributed by atoms with Gasteiger partial charge < -0.3 is 5.11 Å². The molecule has 2 aromatic carbocycles. The molecule has 0 aliphatic rings. The van der Waals surface area contributed by atoms with Gasteiger partial charge >= 0.3 is 0 Å². The van der Waals surface area contributed by atoms with E-state index < -0.39 is 0 Å². The summed E-state index contributed by atoms with van der Waals surface area (Å²) < 4.78 is 0. The number of unbranched alkanes of at least 4 members (excludes halogenated alkanes) is 1. The van der Waals surface area contributed by atoms with Crippen LogP contribution in [0.2, 0.25) is 0 Å². The van der Waals surface area contributed by atoms with Crippen LogP contribution in [0.4, 0.5) is 0 Å². The third-order valence-corrected chi connectivity index (χ3v) is 3.61. The van der Waals surface area contributed by atoms with E-state index in [1.54, 1.807) is 0 Å². The highest BCUT2D eigenvalue weighted by molar-refractivity contribution is 5.85. The van der Waals surface area contributed by atoms with Gasteiger partial charge in [0.05, 0.1) is 6.10 Å². The van der Waals surface area contributed by atoms with Gasteiger partial charge in [0.1, 0.15) is 0 Å². The quantitative estimate of drug-likeness (QED) is 0.550. The Morgan fingerprint density at radius 2 is 1.90 bits per heavy atom. The summed E-state index contributed by atoms with van der Waals surface area (Å²) in [5.74, 6) is 0. The second kappa shape index (κ2) is 7.80. The van der Waals surface area contributed by atoms with Gasteiger partial charge in [-0.3, -0.25) is 0 Å². The Kier molecular flexibility index (Phi) is 5.77. The van der Waals surface area contributed by atoms with Crippen molar-refractivity contribution in [2.24, 2.45) is 0 Å². The molecule has 0 saturated carbocycles. The second-order valence-electron chi connectivity index (χ2n) is 5.62. The Labute approximate surface area is 127 Å². The molecule has 1 nitrogen and oxygen atoms in total. The van der Waals surface area contributed by atoms with E-state index in [9.17, 15) is 5.11 Å². The van der Waals surface area contributed by atoms with E-state index in [0.717, 1.165) is 25.7 Å². The normalized spacial score (nSPS) is 12.9. The molecule has 1 heteroatoms. The van der Waals surface area contributed by atoms with Gasteiger partial charge in [-0.1, -0.05) is 48.6 Å². The van der Waals surface area contributed by atoms with Crippen molar-refractivity contribution < 1.29 is 5.11 Å². The van der Waals surface area contributed by atoms with Crippen LogP contribution in [0.3, 0.4) is 0 Å². The van der Waals surface area contributed by atoms with Crippen molar-refractivity contribution in [3.63, 3.8) is 0 Å². The smallest absolute Gasteiger partial charge is 0.0512 e. The SMILES string of the molecule is C=CCc1ccc2cc(/C=C/CCCC(C)O)ccc2c1. The van der Waals surface area contributed by atoms with Gasteiger partial charge in [-0.05, 0) is 60.6 Å². The first-order chi connectivity index (χ1) is 10.2. The number of rotatable bonds is 7. The minimum atomic E-state index is -0.191. The first-order valence-electron chi connectivity index (χ1n) is 7.67. The zero-order chi connectivity index (χ0) is 15.1. The summed E-state index contributed by atoms with van der Waals surface area (Å²) in [6.45, 7) is 5.63. The average Bonchev–Trinajstić information content (AvgIpc) is 2.47. The zero-order valence-corrected chi connectivity index (χ0v) is 12.8. The van der Waals surface area contributed by atoms with Crippen molar-refractivity contribution in [2.75, 3.05) is 0 Å². The molecule has 0 fully saturated rings. The van der Waals surface area contributed by atoms with Crippen molar-refractivity contribution >= 4 is 16.8 Å². The summed E-state index contributed by atoms with van der Waals surface area (Å²) in [4.78, 5) is 0. The maximum absolute atomic E-state index is 9.22. The summed E-state index contributed by atoms with van der Waals surface area (Å²) in [7, 11) is 0. The number of hydrogen-bond acceptors (Lipinski definition) is 1. The van der Waals surface area contributed by atoms with Gasteiger partial charge in [-0.2, -0.15) is 0 Å². The maximum Gasteiger partial charge on any atom is 0.0512 e. The Morgan fingerprint density at radius 1 is 1.14 bits per heavy atom. The molecule has 0 aliphatic carbocycles. The molecule has 1 N–H and O–H groups in total. The zero-order valence-electron chi connectivity index (χ0n) is 12.8. The first kappa shape index (κ1) is 15.5. The van der Waals surface area contributed by atoms with Gasteiger partial charge in [0.25, 0.3) is 0 Å². The van der Waals surface area contributed by atoms with Crippen LogP contribution >= 0.6 is 0 Å². The summed E-state index contributed by atoms with van der Waals surface area (Å²) in [6.07, 6.45) is 9.94. The van der Waals surface area contributed by atoms with E-state index >= 15 is 0 Å². The van der Waals surface area contributed by atoms with Crippen molar-refractivity contribution in [1.29, 1.82) is 0 Å². The molecule has 0 saturated heterocycles. The highest BCUT2D eigenvalue weighted by atomic mass is 16.3. The second-order valence-corrected chi connectivity index (χ2v) is 5.62. The number of hydrogen-bond donors (Lipinski definition) is 1. The van der Waals surface area contributed by atoms with Crippen LogP contribution in [-0.4, -0.2) is 11.2 Å². The van der Waals surface area contributed by atoms with Gasteiger partial charge in [0, 0.05) is 0 Å². The Hall–Kier alpha value is -1.86. The predicted molar refractivity (Wildman–Crippen MR) is 92.4 cm³/mol. The first-order valence-corrected chi connectivity index (χ1v) is 7.67. The molecule has 0 heterocycles. The van der Waals surface area contributed by atoms with Crippen LogP contribution in [-0.2, 0) is 6.42 Å². The van der Waals surface area contributed by atoms with E-state index in [2.05, 4.69) is 55.1 Å². The summed E-state index contributed by atoms with van der Waals surface area (Å²) >= 11 is 0. The molecule has 2 rings (SSSR count). The van der Waals surface area contributed by atoms with Crippen LogP contribution in [0.25, 0.3) is 16.8 Å². The van der Waals surface area contributed by atoms with Crippen LogP contribution in [0.5, 0.6) is 0 Å². The standard InChI is InChI=1S/C20H24O/c1-3-7-17-10-12-20-15-18(11-13-19(20)14-17)9-6-4-5-8-16(2)21/h3,6,9-16,21H,1,4-5,7-8H2,2H3/b9-6+. The summed E-state index contributed by atoms with van der Waals surface area (Å²) in [6, 6.07) is 13.1. The lowest BCUT2D eigenvalue weighted by molar-refractivity contribution is 0.182. The van der Waals surface area contributed by atoms with Crippen LogP contribution in [0.15, 0.2) is 55.1 Å². The Bertz CT molecular complexity index is 623. The number of benzene rings is 2. The largest absolute Gasteiger partial charge is 0.393 e. The van der Waals surface area contributed by atoms with Gasteiger partial charge in [0.2, 0.25) is 0 Å². The van der Waals surface area contributed by atoms with E-state index in [-0.39, 0.29) is 6.10 Å². The van der Waals surface area contributed by atoms with E-state index in [1.165, 1.54) is 21.9 Å². The van der Waals surface area contributed by atoms with Crippen molar-refractivity contribution in [3.05, 3.63) is 66.3 Å². The molecule has 0 amide bonds. The number of aliphatic hydroxyl groups excluding tert-OH is 1. The third-order valence-electron chi connectivity index (χ3n) is 3.61.